The van der Waals surface area contributed by atoms with Crippen molar-refractivity contribution in [3.8, 4) is 0 Å². The fourth-order valence-corrected chi connectivity index (χ4v) is 3.65. The number of piperazine rings is 1. The minimum Gasteiger partial charge on any atom is -0.335 e. The topological polar surface area (TPSA) is 70.6 Å². The molecule has 6 nitrogen and oxygen atoms in total. The lowest BCUT2D eigenvalue weighted by atomic mass is 10.1. The molecule has 1 fully saturated rings. The molecule has 0 N–H and O–H groups in total. The highest BCUT2D eigenvalue weighted by molar-refractivity contribution is 6.42. The molecule has 0 spiro atoms. The molecule has 4 rings (SSSR count). The number of ketones is 1. The number of aromatic nitrogens is 1. The van der Waals surface area contributed by atoms with E-state index in [4.69, 9.17) is 0 Å². The maximum absolute atomic E-state index is 12.8. The Morgan fingerprint density at radius 3 is 2.34 bits per heavy atom. The van der Waals surface area contributed by atoms with E-state index in [2.05, 4.69) is 4.98 Å². The lowest BCUT2D eigenvalue weighted by Gasteiger charge is -2.39. The summed E-state index contributed by atoms with van der Waals surface area (Å²) >= 11 is 0. The predicted octanol–water partition coefficient (Wildman–Crippen LogP) is 2.79. The van der Waals surface area contributed by atoms with Crippen LogP contribution in [-0.4, -0.2) is 58.1 Å². The summed E-state index contributed by atoms with van der Waals surface area (Å²) in [5.74, 6) is -1.26. The van der Waals surface area contributed by atoms with Crippen molar-refractivity contribution in [3.05, 3.63) is 78.1 Å². The Morgan fingerprint density at radius 2 is 1.62 bits per heavy atom. The summed E-state index contributed by atoms with van der Waals surface area (Å²) in [7, 11) is 0. The molecular formula is C23H21N3O3. The van der Waals surface area contributed by atoms with Gasteiger partial charge in [0.1, 0.15) is 5.69 Å². The summed E-state index contributed by atoms with van der Waals surface area (Å²) in [6, 6.07) is 18.0. The molecule has 0 unspecified atom stereocenters. The lowest BCUT2D eigenvalue weighted by molar-refractivity contribution is -0.130. The zero-order valence-electron chi connectivity index (χ0n) is 16.1. The van der Waals surface area contributed by atoms with Gasteiger partial charge < -0.3 is 9.80 Å². The number of hydrogen-bond acceptors (Lipinski definition) is 4. The minimum atomic E-state index is -0.620. The normalized spacial score (nSPS) is 16.7. The van der Waals surface area contributed by atoms with E-state index < -0.39 is 11.7 Å². The van der Waals surface area contributed by atoms with E-state index in [0.29, 0.717) is 25.2 Å². The molecular weight excluding hydrogens is 366 g/mol. The van der Waals surface area contributed by atoms with Crippen molar-refractivity contribution in [2.75, 3.05) is 19.6 Å². The van der Waals surface area contributed by atoms with Crippen molar-refractivity contribution in [1.29, 1.82) is 0 Å². The molecule has 0 aliphatic carbocycles. The van der Waals surface area contributed by atoms with Crippen LogP contribution in [0.25, 0.3) is 10.8 Å². The Kier molecular flexibility index (Phi) is 5.08. The molecule has 2 aromatic carbocycles. The Morgan fingerprint density at radius 1 is 0.931 bits per heavy atom. The molecule has 0 saturated carbocycles. The third-order valence-electron chi connectivity index (χ3n) is 5.25. The fraction of sp³-hybridized carbons (Fsp3) is 0.217. The van der Waals surface area contributed by atoms with Gasteiger partial charge in [-0.3, -0.25) is 19.4 Å². The van der Waals surface area contributed by atoms with Gasteiger partial charge in [0.25, 0.3) is 17.6 Å². The van der Waals surface area contributed by atoms with Gasteiger partial charge in [0.15, 0.2) is 0 Å². The van der Waals surface area contributed by atoms with Gasteiger partial charge in [-0.1, -0.05) is 42.5 Å². The van der Waals surface area contributed by atoms with E-state index >= 15 is 0 Å². The van der Waals surface area contributed by atoms with Crippen LogP contribution in [0.15, 0.2) is 66.9 Å². The van der Waals surface area contributed by atoms with Crippen LogP contribution >= 0.6 is 0 Å². The molecule has 0 bridgehead atoms. The van der Waals surface area contributed by atoms with Gasteiger partial charge in [0.2, 0.25) is 0 Å². The first-order valence-electron chi connectivity index (χ1n) is 9.59. The Bertz CT molecular complexity index is 1080. The van der Waals surface area contributed by atoms with Gasteiger partial charge in [-0.15, -0.1) is 0 Å². The summed E-state index contributed by atoms with van der Waals surface area (Å²) in [6.07, 6.45) is 1.61. The van der Waals surface area contributed by atoms with Gasteiger partial charge in [0.05, 0.1) is 0 Å². The van der Waals surface area contributed by atoms with Crippen LogP contribution in [0.2, 0.25) is 0 Å². The van der Waals surface area contributed by atoms with E-state index in [9.17, 15) is 14.4 Å². The molecule has 0 radical (unpaired) electrons. The average Bonchev–Trinajstić information content (AvgIpc) is 2.77. The molecule has 3 aromatic rings. The second-order valence-corrected chi connectivity index (χ2v) is 7.21. The molecule has 2 heterocycles. The van der Waals surface area contributed by atoms with Crippen LogP contribution in [-0.2, 0) is 4.79 Å². The molecule has 29 heavy (non-hydrogen) atoms. The predicted molar refractivity (Wildman–Crippen MR) is 110 cm³/mol. The number of amides is 2. The second kappa shape index (κ2) is 7.83. The molecule has 1 aliphatic rings. The summed E-state index contributed by atoms with van der Waals surface area (Å²) in [6.45, 7) is 2.95. The van der Waals surface area contributed by atoms with E-state index in [1.54, 1.807) is 29.3 Å². The van der Waals surface area contributed by atoms with Crippen LogP contribution in [0.3, 0.4) is 0 Å². The summed E-state index contributed by atoms with van der Waals surface area (Å²) in [4.78, 5) is 45.6. The smallest absolute Gasteiger partial charge is 0.297 e. The summed E-state index contributed by atoms with van der Waals surface area (Å²) < 4.78 is 0. The van der Waals surface area contributed by atoms with Crippen molar-refractivity contribution >= 4 is 28.4 Å². The first-order chi connectivity index (χ1) is 14.0. The SMILES string of the molecule is C[C@H]1CN(C(=O)c2ccccc2)CCN1C(=O)C(=O)c1cc2ccccc2cn1. The van der Waals surface area contributed by atoms with Crippen LogP contribution in [0.4, 0.5) is 0 Å². The number of hydrogen-bond donors (Lipinski definition) is 0. The third-order valence-corrected chi connectivity index (χ3v) is 5.25. The molecule has 1 saturated heterocycles. The number of pyridine rings is 1. The highest BCUT2D eigenvalue weighted by Gasteiger charge is 2.33. The van der Waals surface area contributed by atoms with Gasteiger partial charge >= 0.3 is 0 Å². The van der Waals surface area contributed by atoms with Gasteiger partial charge in [-0.25, -0.2) is 0 Å². The van der Waals surface area contributed by atoms with E-state index in [1.807, 2.05) is 49.4 Å². The minimum absolute atomic E-state index is 0.0629. The first-order valence-corrected chi connectivity index (χ1v) is 9.59. The Hall–Kier alpha value is -3.54. The number of nitrogens with zero attached hydrogens (tertiary/aromatic N) is 3. The number of fused-ring (bicyclic) bond motifs is 1. The van der Waals surface area contributed by atoms with Crippen LogP contribution in [0.1, 0.15) is 27.8 Å². The highest BCUT2D eigenvalue weighted by atomic mass is 16.2. The third kappa shape index (κ3) is 3.74. The first kappa shape index (κ1) is 18.8. The molecule has 1 aliphatic heterocycles. The molecule has 1 atom stereocenters. The van der Waals surface area contributed by atoms with Crippen molar-refractivity contribution in [2.24, 2.45) is 0 Å². The highest BCUT2D eigenvalue weighted by Crippen LogP contribution is 2.17. The van der Waals surface area contributed by atoms with Crippen molar-refractivity contribution in [2.45, 2.75) is 13.0 Å². The number of Topliss-reactive ketones (excluding diaryl/α,β-unsaturated/α-hetero) is 1. The monoisotopic (exact) mass is 387 g/mol. The Labute approximate surface area is 168 Å². The second-order valence-electron chi connectivity index (χ2n) is 7.21. The molecule has 1 aromatic heterocycles. The average molecular weight is 387 g/mol. The quantitative estimate of drug-likeness (QED) is 0.512. The van der Waals surface area contributed by atoms with E-state index in [-0.39, 0.29) is 17.6 Å². The number of carbonyl (C=O) groups excluding carboxylic acids is 3. The van der Waals surface area contributed by atoms with Gasteiger partial charge in [-0.05, 0) is 30.5 Å². The van der Waals surface area contributed by atoms with Crippen molar-refractivity contribution in [1.82, 2.24) is 14.8 Å². The molecule has 2 amide bonds. The summed E-state index contributed by atoms with van der Waals surface area (Å²) in [5.41, 5.74) is 0.764. The zero-order chi connectivity index (χ0) is 20.4. The molecule has 146 valence electrons. The number of rotatable bonds is 3. The maximum atomic E-state index is 12.8. The van der Waals surface area contributed by atoms with Crippen LogP contribution < -0.4 is 0 Å². The number of carbonyl (C=O) groups is 3. The van der Waals surface area contributed by atoms with E-state index in [1.165, 1.54) is 4.90 Å². The van der Waals surface area contributed by atoms with Crippen molar-refractivity contribution in [3.63, 3.8) is 0 Å². The maximum Gasteiger partial charge on any atom is 0.297 e. The lowest BCUT2D eigenvalue weighted by Crippen LogP contribution is -2.56. The van der Waals surface area contributed by atoms with Crippen molar-refractivity contribution < 1.29 is 14.4 Å². The largest absolute Gasteiger partial charge is 0.335 e. The van der Waals surface area contributed by atoms with Crippen LogP contribution in [0.5, 0.6) is 0 Å². The van der Waals surface area contributed by atoms with Gasteiger partial charge in [-0.2, -0.15) is 0 Å². The summed E-state index contributed by atoms with van der Waals surface area (Å²) in [5, 5.41) is 1.78. The van der Waals surface area contributed by atoms with Gasteiger partial charge in [0, 0.05) is 42.8 Å². The standard InChI is InChI=1S/C23H21N3O3/c1-16-15-25(22(28)17-7-3-2-4-8-17)11-12-26(16)23(29)21(27)20-13-18-9-5-6-10-19(18)14-24-20/h2-10,13-14,16H,11-12,15H2,1H3/t16-/m0/s1. The van der Waals surface area contributed by atoms with E-state index in [0.717, 1.165) is 10.8 Å². The molecule has 6 heteroatoms. The zero-order valence-corrected chi connectivity index (χ0v) is 16.1. The fourth-order valence-electron chi connectivity index (χ4n) is 3.65. The Balaban J connectivity index is 1.46. The van der Waals surface area contributed by atoms with Crippen LogP contribution in [0, 0.1) is 0 Å². The number of benzene rings is 2.